The summed E-state index contributed by atoms with van der Waals surface area (Å²) in [4.78, 5) is 2.48. The van der Waals surface area contributed by atoms with Crippen LogP contribution < -0.4 is 4.90 Å². The summed E-state index contributed by atoms with van der Waals surface area (Å²) in [5, 5.41) is 6.32. The molecule has 2 aliphatic carbocycles. The first-order valence-electron chi connectivity index (χ1n) is 19.6. The average Bonchev–Trinajstić information content (AvgIpc) is 3.60. The van der Waals surface area contributed by atoms with E-state index in [2.05, 4.69) is 183 Å². The van der Waals surface area contributed by atoms with E-state index >= 15 is 0 Å². The predicted octanol–water partition coefficient (Wildman–Crippen LogP) is 14.9. The SMILES string of the molecule is Cc1ccccc1-c1cccc(-c2ccc3ccc4ccc(N(C5=CCCC=C5)c5ccccc5C5=Cc6oc7ccccc7c6CC5)cc4c3c2C)c1C. The van der Waals surface area contributed by atoms with Gasteiger partial charge in [0.2, 0.25) is 0 Å². The zero-order valence-corrected chi connectivity index (χ0v) is 31.7. The Morgan fingerprint density at radius 3 is 2.13 bits per heavy atom. The largest absolute Gasteiger partial charge is 0.456 e. The Labute approximate surface area is 323 Å². The second-order valence-corrected chi connectivity index (χ2v) is 15.2. The Kier molecular flexibility index (Phi) is 8.14. The van der Waals surface area contributed by atoms with Gasteiger partial charge in [-0.25, -0.2) is 0 Å². The number of hydrogen-bond donors (Lipinski definition) is 0. The number of hydrogen-bond acceptors (Lipinski definition) is 2. The molecule has 0 spiro atoms. The zero-order valence-electron chi connectivity index (χ0n) is 31.7. The van der Waals surface area contributed by atoms with Gasteiger partial charge in [0.25, 0.3) is 0 Å². The lowest BCUT2D eigenvalue weighted by molar-refractivity contribution is 0.596. The van der Waals surface area contributed by atoms with Crippen molar-refractivity contribution in [2.45, 2.75) is 46.5 Å². The second kappa shape index (κ2) is 13.5. The number of aryl methyl sites for hydroxylation is 3. The van der Waals surface area contributed by atoms with Crippen LogP contribution in [-0.4, -0.2) is 0 Å². The summed E-state index contributed by atoms with van der Waals surface area (Å²) >= 11 is 0. The highest BCUT2D eigenvalue weighted by Gasteiger charge is 2.24. The van der Waals surface area contributed by atoms with Gasteiger partial charge in [-0.1, -0.05) is 121 Å². The second-order valence-electron chi connectivity index (χ2n) is 15.2. The van der Waals surface area contributed by atoms with Crippen molar-refractivity contribution in [3.05, 3.63) is 191 Å². The minimum Gasteiger partial charge on any atom is -0.456 e. The topological polar surface area (TPSA) is 16.4 Å². The molecule has 0 aliphatic heterocycles. The van der Waals surface area contributed by atoms with Gasteiger partial charge in [-0.3, -0.25) is 0 Å². The maximum Gasteiger partial charge on any atom is 0.135 e. The monoisotopic (exact) mass is 709 g/mol. The Morgan fingerprint density at radius 1 is 0.564 bits per heavy atom. The molecule has 0 unspecified atom stereocenters. The van der Waals surface area contributed by atoms with Crippen molar-refractivity contribution < 1.29 is 4.42 Å². The fourth-order valence-corrected chi connectivity index (χ4v) is 9.17. The van der Waals surface area contributed by atoms with E-state index in [1.54, 1.807) is 0 Å². The van der Waals surface area contributed by atoms with E-state index in [4.69, 9.17) is 4.42 Å². The van der Waals surface area contributed by atoms with Gasteiger partial charge >= 0.3 is 0 Å². The maximum atomic E-state index is 6.41. The molecule has 7 aromatic carbocycles. The zero-order chi connectivity index (χ0) is 37.0. The van der Waals surface area contributed by atoms with Crippen LogP contribution in [0.3, 0.4) is 0 Å². The summed E-state index contributed by atoms with van der Waals surface area (Å²) in [6, 6.07) is 49.1. The number of para-hydroxylation sites is 2. The summed E-state index contributed by atoms with van der Waals surface area (Å²) in [6.07, 6.45) is 13.3. The standard InChI is InChI=1S/C53H43NO/c1-34-14-7-8-17-42(34)43-20-13-21-44(35(43)2)45-30-27-38-25-24-37-26-29-41(33-49(37)53(38)36(45)3)54(40-15-5-4-6-16-40)50-22-11-9-18-46(50)39-28-31-48-47-19-10-12-23-51(47)55-52(48)32-39/h5,7-27,29-30,32-33H,4,6,28,31H2,1-3H3. The number of nitrogens with zero attached hydrogens (tertiary/aromatic N) is 1. The van der Waals surface area contributed by atoms with Gasteiger partial charge in [-0.05, 0) is 149 Å². The van der Waals surface area contributed by atoms with E-state index in [0.717, 1.165) is 42.7 Å². The van der Waals surface area contributed by atoms with E-state index < -0.39 is 0 Å². The van der Waals surface area contributed by atoms with Gasteiger partial charge < -0.3 is 9.32 Å². The smallest absolute Gasteiger partial charge is 0.135 e. The van der Waals surface area contributed by atoms with Gasteiger partial charge in [0.15, 0.2) is 0 Å². The van der Waals surface area contributed by atoms with Crippen LogP contribution in [0.4, 0.5) is 11.4 Å². The van der Waals surface area contributed by atoms with Crippen LogP contribution in [0.2, 0.25) is 0 Å². The van der Waals surface area contributed by atoms with Crippen LogP contribution in [0.1, 0.15) is 52.8 Å². The quantitative estimate of drug-likeness (QED) is 0.160. The van der Waals surface area contributed by atoms with Crippen molar-refractivity contribution in [1.82, 2.24) is 0 Å². The third kappa shape index (κ3) is 5.63. The van der Waals surface area contributed by atoms with Crippen LogP contribution in [0, 0.1) is 20.8 Å². The van der Waals surface area contributed by atoms with Crippen molar-refractivity contribution in [2.24, 2.45) is 0 Å². The van der Waals surface area contributed by atoms with Crippen molar-refractivity contribution in [2.75, 3.05) is 4.90 Å². The molecule has 8 aromatic rings. The van der Waals surface area contributed by atoms with E-state index in [0.29, 0.717) is 0 Å². The molecule has 0 N–H and O–H groups in total. The summed E-state index contributed by atoms with van der Waals surface area (Å²) in [5.41, 5.74) is 17.5. The molecular formula is C53H43NO. The molecule has 1 aromatic heterocycles. The van der Waals surface area contributed by atoms with Gasteiger partial charge in [0, 0.05) is 27.9 Å². The van der Waals surface area contributed by atoms with Crippen molar-refractivity contribution in [1.29, 1.82) is 0 Å². The molecule has 2 heteroatoms. The van der Waals surface area contributed by atoms with E-state index in [9.17, 15) is 0 Å². The maximum absolute atomic E-state index is 6.41. The lowest BCUT2D eigenvalue weighted by atomic mass is 9.87. The molecule has 0 atom stereocenters. The molecule has 0 saturated carbocycles. The number of fused-ring (bicyclic) bond motifs is 6. The highest BCUT2D eigenvalue weighted by Crippen LogP contribution is 2.44. The summed E-state index contributed by atoms with van der Waals surface area (Å²) in [7, 11) is 0. The molecule has 0 amide bonds. The summed E-state index contributed by atoms with van der Waals surface area (Å²) in [6.45, 7) is 6.79. The fraction of sp³-hybridized carbons (Fsp3) is 0.132. The highest BCUT2D eigenvalue weighted by molar-refractivity contribution is 6.12. The Bertz CT molecular complexity index is 2910. The molecule has 0 fully saturated rings. The lowest BCUT2D eigenvalue weighted by Gasteiger charge is -2.31. The molecule has 1 heterocycles. The van der Waals surface area contributed by atoms with Gasteiger partial charge in [-0.2, -0.15) is 0 Å². The number of anilines is 2. The number of benzene rings is 7. The molecule has 266 valence electrons. The van der Waals surface area contributed by atoms with Crippen LogP contribution in [-0.2, 0) is 6.42 Å². The van der Waals surface area contributed by atoms with Crippen molar-refractivity contribution in [3.63, 3.8) is 0 Å². The fourth-order valence-electron chi connectivity index (χ4n) is 9.17. The first-order chi connectivity index (χ1) is 27.0. The Morgan fingerprint density at radius 2 is 1.27 bits per heavy atom. The molecular weight excluding hydrogens is 667 g/mol. The van der Waals surface area contributed by atoms with Crippen LogP contribution in [0.5, 0.6) is 0 Å². The van der Waals surface area contributed by atoms with Gasteiger partial charge in [0.05, 0.1) is 5.69 Å². The normalized spacial score (nSPS) is 13.9. The van der Waals surface area contributed by atoms with Crippen molar-refractivity contribution >= 4 is 55.5 Å². The van der Waals surface area contributed by atoms with Crippen LogP contribution >= 0.6 is 0 Å². The Balaban J connectivity index is 1.14. The molecule has 0 saturated heterocycles. The summed E-state index contributed by atoms with van der Waals surface area (Å²) < 4.78 is 6.41. The highest BCUT2D eigenvalue weighted by atomic mass is 16.3. The number of rotatable bonds is 6. The minimum absolute atomic E-state index is 0.963. The average molecular weight is 710 g/mol. The van der Waals surface area contributed by atoms with Gasteiger partial charge in [-0.15, -0.1) is 0 Å². The predicted molar refractivity (Wildman–Crippen MR) is 234 cm³/mol. The molecule has 55 heavy (non-hydrogen) atoms. The van der Waals surface area contributed by atoms with E-state index in [-0.39, 0.29) is 0 Å². The lowest BCUT2D eigenvalue weighted by Crippen LogP contribution is -2.18. The molecule has 2 aliphatic rings. The van der Waals surface area contributed by atoms with Crippen LogP contribution in [0.25, 0.3) is 66.4 Å². The van der Waals surface area contributed by atoms with E-state index in [1.165, 1.54) is 94.0 Å². The molecule has 2 nitrogen and oxygen atoms in total. The van der Waals surface area contributed by atoms with Crippen molar-refractivity contribution in [3.8, 4) is 22.3 Å². The third-order valence-electron chi connectivity index (χ3n) is 12.0. The molecule has 10 rings (SSSR count). The van der Waals surface area contributed by atoms with Crippen LogP contribution in [0.15, 0.2) is 162 Å². The number of allylic oxidation sites excluding steroid dienone is 4. The molecule has 0 bridgehead atoms. The van der Waals surface area contributed by atoms with E-state index in [1.807, 2.05) is 0 Å². The minimum atomic E-state index is 0.963. The van der Waals surface area contributed by atoms with Gasteiger partial charge in [0.1, 0.15) is 11.3 Å². The first-order valence-corrected chi connectivity index (χ1v) is 19.6. The Hall–Kier alpha value is -6.38. The third-order valence-corrected chi connectivity index (χ3v) is 12.0. The number of furan rings is 1. The molecule has 0 radical (unpaired) electrons. The first kappa shape index (κ1) is 33.2. The summed E-state index contributed by atoms with van der Waals surface area (Å²) in [5.74, 6) is 0.990.